The fourth-order valence-corrected chi connectivity index (χ4v) is 7.31. The van der Waals surface area contributed by atoms with E-state index in [-0.39, 0.29) is 34.9 Å². The van der Waals surface area contributed by atoms with Crippen LogP contribution in [0.3, 0.4) is 0 Å². The summed E-state index contributed by atoms with van der Waals surface area (Å²) < 4.78 is 34.0. The Bertz CT molecular complexity index is 1390. The Morgan fingerprint density at radius 3 is 2.69 bits per heavy atom. The first-order chi connectivity index (χ1) is 18.7. The van der Waals surface area contributed by atoms with Gasteiger partial charge in [0.2, 0.25) is 10.0 Å². The molecule has 7 nitrogen and oxygen atoms in total. The third-order valence-electron chi connectivity index (χ3n) is 8.05. The second-order valence-corrected chi connectivity index (χ2v) is 13.3. The minimum absolute atomic E-state index is 0.0476. The Morgan fingerprint density at radius 2 is 1.90 bits per heavy atom. The van der Waals surface area contributed by atoms with Crippen LogP contribution >= 0.6 is 11.6 Å². The van der Waals surface area contributed by atoms with Crippen molar-refractivity contribution in [3.8, 4) is 5.75 Å². The van der Waals surface area contributed by atoms with E-state index in [1.165, 1.54) is 0 Å². The third kappa shape index (κ3) is 6.67. The maximum absolute atomic E-state index is 13.1. The van der Waals surface area contributed by atoms with Gasteiger partial charge in [0.25, 0.3) is 5.91 Å². The molecular weight excluding hydrogens is 536 g/mol. The number of sulfonamides is 1. The van der Waals surface area contributed by atoms with Crippen LogP contribution in [0.5, 0.6) is 5.75 Å². The number of hydrogen-bond acceptors (Lipinski definition) is 6. The standard InChI is InChI=1S/C30H35ClN2O5S/c1-20-5-4-7-28(34)26-12-9-23(26)17-33-14-3-2-6-21-15-25(31)11-8-24(21)18-38-29-13-10-22(16-27(29)33)30(35)32-39(36,37)19-20/h4,7-8,10-11,13,15-16,20,23,26H,2-3,5-6,9,12,14,17-19H2,1H3,(H,32,35)/b7-4+/t20-,23-,26+/m0/s1. The zero-order valence-corrected chi connectivity index (χ0v) is 23.8. The van der Waals surface area contributed by atoms with E-state index in [1.807, 2.05) is 18.2 Å². The first kappa shape index (κ1) is 27.7. The lowest BCUT2D eigenvalue weighted by atomic mass is 9.71. The molecule has 0 aromatic heterocycles. The van der Waals surface area contributed by atoms with Gasteiger partial charge in [-0.05, 0) is 97.9 Å². The van der Waals surface area contributed by atoms with Gasteiger partial charge < -0.3 is 9.64 Å². The normalized spacial score (nSPS) is 26.5. The Kier molecular flexibility index (Phi) is 8.33. The molecule has 0 spiro atoms. The highest BCUT2D eigenvalue weighted by Gasteiger charge is 2.37. The molecule has 1 amide bonds. The molecular formula is C30H35ClN2O5S. The summed E-state index contributed by atoms with van der Waals surface area (Å²) in [7, 11) is -3.85. The van der Waals surface area contributed by atoms with E-state index in [9.17, 15) is 18.0 Å². The largest absolute Gasteiger partial charge is 0.487 e. The van der Waals surface area contributed by atoms with Crippen LogP contribution in [-0.4, -0.2) is 39.0 Å². The van der Waals surface area contributed by atoms with Crippen LogP contribution in [0.2, 0.25) is 5.02 Å². The highest BCUT2D eigenvalue weighted by molar-refractivity contribution is 7.90. The van der Waals surface area contributed by atoms with Gasteiger partial charge in [0, 0.05) is 29.6 Å². The summed E-state index contributed by atoms with van der Waals surface area (Å²) in [5, 5.41) is 0.698. The number of nitrogens with zero attached hydrogens (tertiary/aromatic N) is 1. The molecule has 1 saturated carbocycles. The van der Waals surface area contributed by atoms with Crippen molar-refractivity contribution in [2.75, 3.05) is 23.7 Å². The fraction of sp³-hybridized carbons (Fsp3) is 0.467. The van der Waals surface area contributed by atoms with Gasteiger partial charge in [-0.2, -0.15) is 0 Å². The van der Waals surface area contributed by atoms with E-state index >= 15 is 0 Å². The first-order valence-corrected chi connectivity index (χ1v) is 15.8. The molecule has 5 rings (SSSR count). The van der Waals surface area contributed by atoms with Crippen LogP contribution in [0.1, 0.15) is 60.5 Å². The highest BCUT2D eigenvalue weighted by atomic mass is 35.5. The molecule has 3 atom stereocenters. The second-order valence-electron chi connectivity index (χ2n) is 11.1. The van der Waals surface area contributed by atoms with Crippen LogP contribution in [0.4, 0.5) is 5.69 Å². The summed E-state index contributed by atoms with van der Waals surface area (Å²) in [6.07, 6.45) is 8.40. The van der Waals surface area contributed by atoms with E-state index in [4.69, 9.17) is 16.3 Å². The molecule has 2 aromatic carbocycles. The molecule has 0 saturated heterocycles. The molecule has 9 heteroatoms. The predicted octanol–water partition coefficient (Wildman–Crippen LogP) is 5.31. The number of amides is 1. The number of carbonyl (C=O) groups is 2. The van der Waals surface area contributed by atoms with E-state index in [1.54, 1.807) is 37.3 Å². The summed E-state index contributed by atoms with van der Waals surface area (Å²) in [6.45, 7) is 3.54. The maximum Gasteiger partial charge on any atom is 0.264 e. The Labute approximate surface area is 235 Å². The Morgan fingerprint density at radius 1 is 1.05 bits per heavy atom. The van der Waals surface area contributed by atoms with Crippen molar-refractivity contribution in [2.45, 2.75) is 52.1 Å². The molecule has 1 N–H and O–H groups in total. The number of rotatable bonds is 0. The number of fused-ring (bicyclic) bond motifs is 3. The molecule has 2 aliphatic heterocycles. The van der Waals surface area contributed by atoms with E-state index in [2.05, 4.69) is 9.62 Å². The van der Waals surface area contributed by atoms with Crippen LogP contribution in [0.25, 0.3) is 0 Å². The van der Waals surface area contributed by atoms with Crippen molar-refractivity contribution in [3.63, 3.8) is 0 Å². The van der Waals surface area contributed by atoms with Crippen molar-refractivity contribution in [2.24, 2.45) is 17.8 Å². The van der Waals surface area contributed by atoms with Gasteiger partial charge in [0.1, 0.15) is 12.4 Å². The molecule has 208 valence electrons. The average molecular weight is 571 g/mol. The SMILES string of the molecule is C[C@H]1C/C=C/C(=O)[C@@H]2CC[C@H]2CN2CCCCc3cc(Cl)ccc3COc3ccc(cc32)C(=O)NS(=O)(=O)C1. The number of allylic oxidation sites excluding steroid dienone is 2. The first-order valence-electron chi connectivity index (χ1n) is 13.7. The van der Waals surface area contributed by atoms with Crippen LogP contribution < -0.4 is 14.4 Å². The third-order valence-corrected chi connectivity index (χ3v) is 9.79. The zero-order chi connectivity index (χ0) is 27.6. The van der Waals surface area contributed by atoms with Crippen LogP contribution in [-0.2, 0) is 27.8 Å². The molecule has 2 bridgehead atoms. The van der Waals surface area contributed by atoms with Gasteiger partial charge in [0.15, 0.2) is 5.78 Å². The van der Waals surface area contributed by atoms with Gasteiger partial charge in [-0.1, -0.05) is 30.7 Å². The van der Waals surface area contributed by atoms with Crippen molar-refractivity contribution in [3.05, 3.63) is 70.3 Å². The van der Waals surface area contributed by atoms with E-state index in [0.717, 1.165) is 55.5 Å². The molecule has 39 heavy (non-hydrogen) atoms. The molecule has 0 unspecified atom stereocenters. The van der Waals surface area contributed by atoms with Gasteiger partial charge in [-0.25, -0.2) is 13.1 Å². The topological polar surface area (TPSA) is 92.8 Å². The minimum Gasteiger partial charge on any atom is -0.487 e. The number of ketones is 1. The number of hydrogen-bond donors (Lipinski definition) is 1. The van der Waals surface area contributed by atoms with Crippen molar-refractivity contribution in [1.82, 2.24) is 4.72 Å². The zero-order valence-electron chi connectivity index (χ0n) is 22.2. The van der Waals surface area contributed by atoms with Gasteiger partial charge in [0.05, 0.1) is 11.4 Å². The van der Waals surface area contributed by atoms with Crippen LogP contribution in [0.15, 0.2) is 48.6 Å². The summed E-state index contributed by atoms with van der Waals surface area (Å²) in [5.74, 6) is -0.205. The van der Waals surface area contributed by atoms with Gasteiger partial charge in [-0.15, -0.1) is 0 Å². The lowest BCUT2D eigenvalue weighted by molar-refractivity contribution is -0.122. The summed E-state index contributed by atoms with van der Waals surface area (Å²) >= 11 is 6.27. The monoisotopic (exact) mass is 570 g/mol. The summed E-state index contributed by atoms with van der Waals surface area (Å²) in [4.78, 5) is 28.3. The van der Waals surface area contributed by atoms with E-state index < -0.39 is 15.9 Å². The van der Waals surface area contributed by atoms with E-state index in [0.29, 0.717) is 30.3 Å². The average Bonchev–Trinajstić information content (AvgIpc) is 2.88. The smallest absolute Gasteiger partial charge is 0.264 e. The lowest BCUT2D eigenvalue weighted by Gasteiger charge is -2.40. The predicted molar refractivity (Wildman–Crippen MR) is 153 cm³/mol. The van der Waals surface area contributed by atoms with Crippen LogP contribution in [0, 0.1) is 17.8 Å². The molecule has 3 aliphatic rings. The molecule has 1 aliphatic carbocycles. The summed E-state index contributed by atoms with van der Waals surface area (Å²) in [5.41, 5.74) is 3.22. The Balaban J connectivity index is 1.53. The van der Waals surface area contributed by atoms with Crippen molar-refractivity contribution < 1.29 is 22.7 Å². The number of nitrogens with one attached hydrogen (secondary N) is 1. The number of ether oxygens (including phenoxy) is 1. The quantitative estimate of drug-likeness (QED) is 0.461. The number of anilines is 1. The molecule has 1 fully saturated rings. The minimum atomic E-state index is -3.85. The molecule has 0 radical (unpaired) electrons. The number of halogens is 1. The molecule has 2 aromatic rings. The Hall–Kier alpha value is -2.84. The van der Waals surface area contributed by atoms with Crippen molar-refractivity contribution >= 4 is 39.0 Å². The van der Waals surface area contributed by atoms with Crippen molar-refractivity contribution in [1.29, 1.82) is 0 Å². The fourth-order valence-electron chi connectivity index (χ4n) is 5.75. The highest BCUT2D eigenvalue weighted by Crippen LogP contribution is 2.39. The number of aryl methyl sites for hydroxylation is 1. The number of benzene rings is 2. The maximum atomic E-state index is 13.1. The summed E-state index contributed by atoms with van der Waals surface area (Å²) in [6, 6.07) is 10.9. The molecule has 2 heterocycles. The second kappa shape index (κ2) is 11.7. The number of carbonyl (C=O) groups excluding carboxylic acids is 2. The van der Waals surface area contributed by atoms with Gasteiger partial charge in [-0.3, -0.25) is 9.59 Å². The lowest BCUT2D eigenvalue weighted by Crippen LogP contribution is -2.42. The van der Waals surface area contributed by atoms with Gasteiger partial charge >= 0.3 is 0 Å².